The lowest BCUT2D eigenvalue weighted by Gasteiger charge is -2.07. The number of carbonyl (C=O) groups excluding carboxylic acids is 3. The molecule has 8 heteroatoms. The number of ether oxygens (including phenoxy) is 1. The zero-order valence-electron chi connectivity index (χ0n) is 15.7. The lowest BCUT2D eigenvalue weighted by molar-refractivity contribution is -0.113. The van der Waals surface area contributed by atoms with Crippen LogP contribution in [0.5, 0.6) is 0 Å². The molecule has 1 aromatic heterocycles. The average molecular weight is 390 g/mol. The van der Waals surface area contributed by atoms with Crippen molar-refractivity contribution in [3.8, 4) is 0 Å². The van der Waals surface area contributed by atoms with Gasteiger partial charge in [-0.15, -0.1) is 11.8 Å². The molecule has 2 rings (SSSR count). The SMILES string of the molecule is CCOC(=O)c1c(C)oc(NC(=O)CSc2cc(C)ccc2C)c1C(N)=O. The summed E-state index contributed by atoms with van der Waals surface area (Å²) in [6.07, 6.45) is 0. The first-order valence-corrected chi connectivity index (χ1v) is 9.33. The minimum Gasteiger partial charge on any atom is -0.462 e. The molecule has 0 spiro atoms. The molecule has 3 N–H and O–H groups in total. The molecule has 7 nitrogen and oxygen atoms in total. The lowest BCUT2D eigenvalue weighted by atomic mass is 10.1. The number of benzene rings is 1. The van der Waals surface area contributed by atoms with Gasteiger partial charge in [0.1, 0.15) is 16.9 Å². The summed E-state index contributed by atoms with van der Waals surface area (Å²) < 4.78 is 10.3. The van der Waals surface area contributed by atoms with Crippen LogP contribution in [0.2, 0.25) is 0 Å². The molecule has 0 aliphatic heterocycles. The Hall–Kier alpha value is -2.74. The van der Waals surface area contributed by atoms with Gasteiger partial charge in [-0.25, -0.2) is 4.79 Å². The van der Waals surface area contributed by atoms with Gasteiger partial charge in [-0.2, -0.15) is 0 Å². The Morgan fingerprint density at radius 1 is 1.19 bits per heavy atom. The van der Waals surface area contributed by atoms with E-state index in [-0.39, 0.29) is 41.0 Å². The normalized spacial score (nSPS) is 10.5. The molecule has 0 unspecified atom stereocenters. The number of aryl methyl sites for hydroxylation is 3. The predicted molar refractivity (Wildman–Crippen MR) is 103 cm³/mol. The first-order chi connectivity index (χ1) is 12.7. The Kier molecular flexibility index (Phi) is 6.68. The first-order valence-electron chi connectivity index (χ1n) is 8.34. The zero-order valence-corrected chi connectivity index (χ0v) is 16.5. The highest BCUT2D eigenvalue weighted by atomic mass is 32.2. The van der Waals surface area contributed by atoms with Crippen molar-refractivity contribution in [1.29, 1.82) is 0 Å². The van der Waals surface area contributed by atoms with E-state index in [4.69, 9.17) is 14.9 Å². The minimum atomic E-state index is -0.882. The van der Waals surface area contributed by atoms with E-state index in [1.807, 2.05) is 32.0 Å². The van der Waals surface area contributed by atoms with Crippen molar-refractivity contribution in [2.45, 2.75) is 32.6 Å². The zero-order chi connectivity index (χ0) is 20.1. The van der Waals surface area contributed by atoms with E-state index in [1.54, 1.807) is 6.92 Å². The molecule has 1 heterocycles. The number of thioether (sulfide) groups is 1. The molecular weight excluding hydrogens is 368 g/mol. The highest BCUT2D eigenvalue weighted by molar-refractivity contribution is 8.00. The summed E-state index contributed by atoms with van der Waals surface area (Å²) in [4.78, 5) is 37.2. The molecule has 144 valence electrons. The molecule has 0 fully saturated rings. The number of hydrogen-bond acceptors (Lipinski definition) is 6. The van der Waals surface area contributed by atoms with Crippen molar-refractivity contribution >= 4 is 35.4 Å². The van der Waals surface area contributed by atoms with Crippen LogP contribution in [0.15, 0.2) is 27.5 Å². The van der Waals surface area contributed by atoms with Crippen LogP contribution in [0.1, 0.15) is 44.5 Å². The molecule has 0 saturated heterocycles. The van der Waals surface area contributed by atoms with Crippen LogP contribution in [0, 0.1) is 20.8 Å². The van der Waals surface area contributed by atoms with Crippen LogP contribution < -0.4 is 11.1 Å². The fourth-order valence-electron chi connectivity index (χ4n) is 2.49. The molecular formula is C19H22N2O5S. The van der Waals surface area contributed by atoms with Crippen molar-refractivity contribution in [2.75, 3.05) is 17.7 Å². The second-order valence-corrected chi connectivity index (χ2v) is 6.95. The molecule has 0 saturated carbocycles. The highest BCUT2D eigenvalue weighted by Crippen LogP contribution is 2.28. The van der Waals surface area contributed by atoms with Gasteiger partial charge in [-0.05, 0) is 39.3 Å². The molecule has 0 aliphatic carbocycles. The van der Waals surface area contributed by atoms with E-state index < -0.39 is 11.9 Å². The number of carbonyl (C=O) groups is 3. The van der Waals surface area contributed by atoms with Gasteiger partial charge in [0.05, 0.1) is 12.4 Å². The average Bonchev–Trinajstić information content (AvgIpc) is 2.92. The number of nitrogens with one attached hydrogen (secondary N) is 1. The third-order valence-corrected chi connectivity index (χ3v) is 4.92. The third kappa shape index (κ3) is 4.91. The van der Waals surface area contributed by atoms with Crippen molar-refractivity contribution in [3.05, 3.63) is 46.2 Å². The van der Waals surface area contributed by atoms with Crippen LogP contribution in [0.25, 0.3) is 0 Å². The molecule has 2 amide bonds. The van der Waals surface area contributed by atoms with E-state index in [9.17, 15) is 14.4 Å². The van der Waals surface area contributed by atoms with Gasteiger partial charge >= 0.3 is 5.97 Å². The van der Waals surface area contributed by atoms with Crippen molar-refractivity contribution in [1.82, 2.24) is 0 Å². The number of esters is 1. The first kappa shape index (κ1) is 20.6. The Labute approximate surface area is 161 Å². The lowest BCUT2D eigenvalue weighted by Crippen LogP contribution is -2.21. The van der Waals surface area contributed by atoms with Crippen LogP contribution in [-0.2, 0) is 9.53 Å². The fraction of sp³-hybridized carbons (Fsp3) is 0.316. The van der Waals surface area contributed by atoms with E-state index in [0.717, 1.165) is 16.0 Å². The second-order valence-electron chi connectivity index (χ2n) is 5.93. The van der Waals surface area contributed by atoms with Crippen LogP contribution in [0.4, 0.5) is 5.88 Å². The minimum absolute atomic E-state index is 0.0677. The molecule has 27 heavy (non-hydrogen) atoms. The highest BCUT2D eigenvalue weighted by Gasteiger charge is 2.29. The van der Waals surface area contributed by atoms with Crippen molar-refractivity contribution in [2.24, 2.45) is 5.73 Å². The Morgan fingerprint density at radius 3 is 2.52 bits per heavy atom. The van der Waals surface area contributed by atoms with Gasteiger partial charge < -0.3 is 14.9 Å². The Bertz CT molecular complexity index is 888. The fourth-order valence-corrected chi connectivity index (χ4v) is 3.41. The van der Waals surface area contributed by atoms with Crippen molar-refractivity contribution < 1.29 is 23.5 Å². The summed E-state index contributed by atoms with van der Waals surface area (Å²) >= 11 is 1.37. The van der Waals surface area contributed by atoms with Crippen LogP contribution in [-0.4, -0.2) is 30.1 Å². The molecule has 0 aliphatic rings. The summed E-state index contributed by atoms with van der Waals surface area (Å²) in [7, 11) is 0. The van der Waals surface area contributed by atoms with Crippen LogP contribution >= 0.6 is 11.8 Å². The third-order valence-electron chi connectivity index (χ3n) is 3.77. The van der Waals surface area contributed by atoms with E-state index in [1.165, 1.54) is 18.7 Å². The monoisotopic (exact) mass is 390 g/mol. The van der Waals surface area contributed by atoms with E-state index >= 15 is 0 Å². The number of furan rings is 1. The summed E-state index contributed by atoms with van der Waals surface area (Å²) in [6.45, 7) is 7.22. The largest absolute Gasteiger partial charge is 0.462 e. The standard InChI is InChI=1S/C19H22N2O5S/c1-5-25-19(24)15-12(4)26-18(16(15)17(20)23)21-14(22)9-27-13-8-10(2)6-7-11(13)3/h6-8H,5,9H2,1-4H3,(H2,20,23)(H,21,22). The summed E-state index contributed by atoms with van der Waals surface area (Å²) in [5.74, 6) is -1.87. The quantitative estimate of drug-likeness (QED) is 0.555. The topological polar surface area (TPSA) is 112 Å². The smallest absolute Gasteiger partial charge is 0.342 e. The maximum Gasteiger partial charge on any atom is 0.342 e. The van der Waals surface area contributed by atoms with Crippen molar-refractivity contribution in [3.63, 3.8) is 0 Å². The van der Waals surface area contributed by atoms with Gasteiger partial charge in [0.25, 0.3) is 5.91 Å². The van der Waals surface area contributed by atoms with Gasteiger partial charge in [0, 0.05) is 4.90 Å². The van der Waals surface area contributed by atoms with Gasteiger partial charge in [-0.1, -0.05) is 17.7 Å². The molecule has 0 radical (unpaired) electrons. The number of primary amides is 1. The summed E-state index contributed by atoms with van der Waals surface area (Å²) in [6, 6.07) is 5.99. The molecule has 0 atom stereocenters. The summed E-state index contributed by atoms with van der Waals surface area (Å²) in [5, 5.41) is 2.52. The maximum atomic E-state index is 12.3. The number of nitrogens with two attached hydrogens (primary N) is 1. The predicted octanol–water partition coefficient (Wildman–Crippen LogP) is 3.21. The molecule has 0 bridgehead atoms. The van der Waals surface area contributed by atoms with E-state index in [0.29, 0.717) is 0 Å². The van der Waals surface area contributed by atoms with Crippen LogP contribution in [0.3, 0.4) is 0 Å². The number of anilines is 1. The van der Waals surface area contributed by atoms with Gasteiger partial charge in [0.15, 0.2) is 0 Å². The Morgan fingerprint density at radius 2 is 1.89 bits per heavy atom. The van der Waals surface area contributed by atoms with Gasteiger partial charge in [0.2, 0.25) is 11.8 Å². The number of hydrogen-bond donors (Lipinski definition) is 2. The maximum absolute atomic E-state index is 12.3. The number of amides is 2. The Balaban J connectivity index is 2.17. The van der Waals surface area contributed by atoms with E-state index in [2.05, 4.69) is 5.32 Å². The second kappa shape index (κ2) is 8.77. The van der Waals surface area contributed by atoms with Gasteiger partial charge in [-0.3, -0.25) is 14.9 Å². The summed E-state index contributed by atoms with van der Waals surface area (Å²) in [5.41, 5.74) is 7.29. The molecule has 1 aromatic carbocycles. The molecule has 2 aromatic rings. The number of rotatable bonds is 7.